The zero-order chi connectivity index (χ0) is 20.0. The summed E-state index contributed by atoms with van der Waals surface area (Å²) >= 11 is 0. The number of halogens is 1. The van der Waals surface area contributed by atoms with E-state index in [1.165, 1.54) is 12.1 Å². The fraction of sp³-hybridized carbons (Fsp3) is 0.136. The van der Waals surface area contributed by atoms with Crippen molar-refractivity contribution in [1.82, 2.24) is 0 Å². The van der Waals surface area contributed by atoms with Crippen molar-refractivity contribution in [3.8, 4) is 17.2 Å². The normalized spacial score (nSPS) is 17.0. The number of rotatable bonds is 3. The van der Waals surface area contributed by atoms with Gasteiger partial charge in [-0.05, 0) is 48.5 Å². The Morgan fingerprint density at radius 1 is 1.10 bits per heavy atom. The summed E-state index contributed by atoms with van der Waals surface area (Å²) in [6.45, 7) is 0.108. The summed E-state index contributed by atoms with van der Waals surface area (Å²) in [5.74, 6) is 1.04. The average Bonchev–Trinajstić information content (AvgIpc) is 3.23. The number of carbonyl (C=O) groups excluding carboxylic acids is 1. The summed E-state index contributed by atoms with van der Waals surface area (Å²) in [5, 5.41) is 3.41. The van der Waals surface area contributed by atoms with Crippen molar-refractivity contribution >= 4 is 17.3 Å². The molecule has 2 aliphatic heterocycles. The summed E-state index contributed by atoms with van der Waals surface area (Å²) < 4.78 is 30.0. The molecule has 2 heterocycles. The van der Waals surface area contributed by atoms with Crippen LogP contribution in [0.1, 0.15) is 22.1 Å². The third-order valence-electron chi connectivity index (χ3n) is 5.03. The van der Waals surface area contributed by atoms with Crippen molar-refractivity contribution in [2.45, 2.75) is 6.17 Å². The van der Waals surface area contributed by atoms with Crippen LogP contribution >= 0.6 is 0 Å². The topological polar surface area (TPSA) is 60.0 Å². The zero-order valence-corrected chi connectivity index (χ0v) is 15.5. The van der Waals surface area contributed by atoms with Crippen LogP contribution in [0.25, 0.3) is 0 Å². The number of ether oxygens (including phenoxy) is 3. The van der Waals surface area contributed by atoms with Crippen LogP contribution in [0.3, 0.4) is 0 Å². The lowest BCUT2D eigenvalue weighted by atomic mass is 10.0. The first-order valence-electron chi connectivity index (χ1n) is 9.08. The van der Waals surface area contributed by atoms with E-state index in [2.05, 4.69) is 5.32 Å². The molecular formula is C22H17FN2O4. The van der Waals surface area contributed by atoms with Crippen LogP contribution in [0.4, 0.5) is 15.8 Å². The lowest BCUT2D eigenvalue weighted by Crippen LogP contribution is -2.43. The highest BCUT2D eigenvalue weighted by atomic mass is 19.1. The number of methoxy groups -OCH3 is 1. The van der Waals surface area contributed by atoms with E-state index in [1.54, 1.807) is 30.2 Å². The molecule has 1 N–H and O–H groups in total. The number of amides is 1. The number of nitrogens with one attached hydrogen (secondary N) is 1. The van der Waals surface area contributed by atoms with E-state index in [0.717, 1.165) is 11.3 Å². The molecule has 5 rings (SSSR count). The third-order valence-corrected chi connectivity index (χ3v) is 5.03. The molecule has 1 amide bonds. The smallest absolute Gasteiger partial charge is 0.262 e. The molecule has 0 saturated heterocycles. The maximum absolute atomic E-state index is 13.5. The van der Waals surface area contributed by atoms with Gasteiger partial charge in [0, 0.05) is 16.9 Å². The predicted molar refractivity (Wildman–Crippen MR) is 105 cm³/mol. The molecule has 0 spiro atoms. The van der Waals surface area contributed by atoms with E-state index in [0.29, 0.717) is 28.5 Å². The van der Waals surface area contributed by atoms with Gasteiger partial charge in [-0.1, -0.05) is 12.1 Å². The molecule has 0 saturated carbocycles. The quantitative estimate of drug-likeness (QED) is 0.719. The summed E-state index contributed by atoms with van der Waals surface area (Å²) in [6, 6.07) is 16.8. The van der Waals surface area contributed by atoms with Crippen LogP contribution in [0, 0.1) is 5.82 Å². The first-order chi connectivity index (χ1) is 14.2. The Labute approximate surface area is 166 Å². The van der Waals surface area contributed by atoms with Crippen molar-refractivity contribution in [3.05, 3.63) is 77.6 Å². The van der Waals surface area contributed by atoms with Crippen LogP contribution in [-0.2, 0) is 0 Å². The lowest BCUT2D eigenvalue weighted by Gasteiger charge is -2.38. The molecular weight excluding hydrogens is 375 g/mol. The first-order valence-corrected chi connectivity index (χ1v) is 9.08. The Bertz CT molecular complexity index is 1100. The van der Waals surface area contributed by atoms with Crippen LogP contribution in [0.15, 0.2) is 60.7 Å². The maximum Gasteiger partial charge on any atom is 0.262 e. The Balaban J connectivity index is 1.67. The molecule has 0 radical (unpaired) electrons. The number of fused-ring (bicyclic) bond motifs is 2. The van der Waals surface area contributed by atoms with Gasteiger partial charge >= 0.3 is 0 Å². The van der Waals surface area contributed by atoms with Crippen molar-refractivity contribution in [2.24, 2.45) is 0 Å². The number of hydrogen-bond acceptors (Lipinski definition) is 5. The minimum absolute atomic E-state index is 0.108. The highest BCUT2D eigenvalue weighted by Gasteiger charge is 2.35. The van der Waals surface area contributed by atoms with Crippen molar-refractivity contribution in [2.75, 3.05) is 24.1 Å². The van der Waals surface area contributed by atoms with Gasteiger partial charge < -0.3 is 19.5 Å². The van der Waals surface area contributed by atoms with Crippen LogP contribution in [0.5, 0.6) is 17.2 Å². The lowest BCUT2D eigenvalue weighted by molar-refractivity contribution is 0.0974. The van der Waals surface area contributed by atoms with Gasteiger partial charge in [-0.25, -0.2) is 4.39 Å². The molecule has 2 aliphatic rings. The average molecular weight is 392 g/mol. The first kappa shape index (κ1) is 17.4. The number of hydrogen-bond donors (Lipinski definition) is 1. The van der Waals surface area contributed by atoms with Crippen LogP contribution in [-0.4, -0.2) is 19.8 Å². The highest BCUT2D eigenvalue weighted by molar-refractivity contribution is 6.12. The second-order valence-corrected chi connectivity index (χ2v) is 6.70. The van der Waals surface area contributed by atoms with E-state index in [9.17, 15) is 9.18 Å². The number of anilines is 2. The molecule has 0 bridgehead atoms. The second kappa shape index (κ2) is 6.70. The molecule has 0 aliphatic carbocycles. The van der Waals surface area contributed by atoms with E-state index in [1.807, 2.05) is 30.3 Å². The van der Waals surface area contributed by atoms with E-state index in [4.69, 9.17) is 14.2 Å². The van der Waals surface area contributed by atoms with Gasteiger partial charge in [-0.2, -0.15) is 0 Å². The van der Waals surface area contributed by atoms with E-state index in [-0.39, 0.29) is 18.5 Å². The molecule has 7 heteroatoms. The third kappa shape index (κ3) is 2.82. The fourth-order valence-corrected chi connectivity index (χ4v) is 3.66. The summed E-state index contributed by atoms with van der Waals surface area (Å²) in [6.07, 6.45) is -0.550. The van der Waals surface area contributed by atoms with E-state index < -0.39 is 6.17 Å². The van der Waals surface area contributed by atoms with Crippen molar-refractivity contribution in [3.63, 3.8) is 0 Å². The molecule has 0 aromatic heterocycles. The van der Waals surface area contributed by atoms with Gasteiger partial charge in [0.1, 0.15) is 12.0 Å². The van der Waals surface area contributed by atoms with Crippen LogP contribution < -0.4 is 24.4 Å². The second-order valence-electron chi connectivity index (χ2n) is 6.70. The number of nitrogens with zero attached hydrogens (tertiary/aromatic N) is 1. The Morgan fingerprint density at radius 2 is 1.90 bits per heavy atom. The minimum Gasteiger partial charge on any atom is -0.493 e. The molecule has 1 atom stereocenters. The fourth-order valence-electron chi connectivity index (χ4n) is 3.66. The Kier molecular flexibility index (Phi) is 4.01. The van der Waals surface area contributed by atoms with Crippen molar-refractivity contribution < 1.29 is 23.4 Å². The summed E-state index contributed by atoms with van der Waals surface area (Å²) in [7, 11) is 1.55. The maximum atomic E-state index is 13.5. The molecule has 29 heavy (non-hydrogen) atoms. The monoisotopic (exact) mass is 392 g/mol. The van der Waals surface area contributed by atoms with Gasteiger partial charge in [0.25, 0.3) is 5.91 Å². The highest BCUT2D eigenvalue weighted by Crippen LogP contribution is 2.45. The summed E-state index contributed by atoms with van der Waals surface area (Å²) in [5.41, 5.74) is 2.58. The van der Waals surface area contributed by atoms with Gasteiger partial charge in [0.05, 0.1) is 12.7 Å². The SMILES string of the molecule is COc1cc(C2Nc3ccccc3C(=O)N2c2ccc(F)cc2)cc2c1OCO2. The van der Waals surface area contributed by atoms with Gasteiger partial charge in [0.15, 0.2) is 11.5 Å². The van der Waals surface area contributed by atoms with Crippen LogP contribution in [0.2, 0.25) is 0 Å². The van der Waals surface area contributed by atoms with Gasteiger partial charge in [-0.3, -0.25) is 9.69 Å². The summed E-state index contributed by atoms with van der Waals surface area (Å²) in [4.78, 5) is 15.0. The largest absolute Gasteiger partial charge is 0.493 e. The van der Waals surface area contributed by atoms with Crippen molar-refractivity contribution in [1.29, 1.82) is 0 Å². The molecule has 146 valence electrons. The number of benzene rings is 3. The molecule has 6 nitrogen and oxygen atoms in total. The molecule has 0 fully saturated rings. The minimum atomic E-state index is -0.550. The standard InChI is InChI=1S/C22H17FN2O4/c1-27-18-10-13(11-19-20(18)29-12-28-19)21-24-17-5-3-2-4-16(17)22(26)25(21)15-8-6-14(23)7-9-15/h2-11,21,24H,12H2,1H3. The molecule has 3 aromatic rings. The molecule has 3 aromatic carbocycles. The predicted octanol–water partition coefficient (Wildman–Crippen LogP) is 4.33. The molecule has 1 unspecified atom stereocenters. The van der Waals surface area contributed by atoms with Gasteiger partial charge in [0.2, 0.25) is 12.5 Å². The Hall–Kier alpha value is -3.74. The Morgan fingerprint density at radius 3 is 2.69 bits per heavy atom. The number of carbonyl (C=O) groups is 1. The zero-order valence-electron chi connectivity index (χ0n) is 15.5. The number of para-hydroxylation sites is 1. The van der Waals surface area contributed by atoms with Gasteiger partial charge in [-0.15, -0.1) is 0 Å². The van der Waals surface area contributed by atoms with E-state index >= 15 is 0 Å².